The Morgan fingerprint density at radius 3 is 2.63 bits per heavy atom. The largest absolute Gasteiger partial charge is 0.478 e. The second-order valence-corrected chi connectivity index (χ2v) is 7.19. The number of nitriles is 1. The lowest BCUT2D eigenvalue weighted by Gasteiger charge is -2.19. The van der Waals surface area contributed by atoms with Crippen LogP contribution in [0.4, 0.5) is 16.2 Å². The first-order valence-corrected chi connectivity index (χ1v) is 9.95. The molecule has 2 N–H and O–H groups in total. The van der Waals surface area contributed by atoms with Gasteiger partial charge in [-0.2, -0.15) is 15.5 Å². The lowest BCUT2D eigenvalue weighted by molar-refractivity contribution is 0.0698. The highest BCUT2D eigenvalue weighted by atomic mass is 16.5. The van der Waals surface area contributed by atoms with Gasteiger partial charge in [-0.15, -0.1) is 0 Å². The summed E-state index contributed by atoms with van der Waals surface area (Å²) in [5.41, 5.74) is 1.46. The topological polar surface area (TPSA) is 172 Å². The van der Waals surface area contributed by atoms with E-state index < -0.39 is 18.0 Å². The molecule has 35 heavy (non-hydrogen) atoms. The van der Waals surface area contributed by atoms with Gasteiger partial charge in [0.2, 0.25) is 0 Å². The summed E-state index contributed by atoms with van der Waals surface area (Å²) in [5.74, 6) is -2.05. The maximum absolute atomic E-state index is 13.0. The van der Waals surface area contributed by atoms with Crippen LogP contribution >= 0.6 is 0 Å². The molecule has 4 rings (SSSR count). The number of carboxylic acids is 1. The molecule has 0 bridgehead atoms. The predicted octanol–water partition coefficient (Wildman–Crippen LogP) is 3.31. The van der Waals surface area contributed by atoms with Gasteiger partial charge in [-0.1, -0.05) is 5.16 Å². The minimum atomic E-state index is -1.31. The Kier molecular flexibility index (Phi) is 6.06. The van der Waals surface area contributed by atoms with Crippen molar-refractivity contribution in [2.45, 2.75) is 0 Å². The zero-order chi connectivity index (χ0) is 25.1. The molecule has 0 fully saturated rings. The highest BCUT2D eigenvalue weighted by Crippen LogP contribution is 2.36. The van der Waals surface area contributed by atoms with Crippen molar-refractivity contribution in [1.82, 2.24) is 15.4 Å². The van der Waals surface area contributed by atoms with E-state index in [1.54, 1.807) is 12.1 Å². The molecule has 0 unspecified atom stereocenters. The number of ether oxygens (including phenoxy) is 1. The number of fused-ring (bicyclic) bond motifs is 1. The molecule has 4 aromatic rings. The maximum atomic E-state index is 13.0. The quantitative estimate of drug-likeness (QED) is 0.439. The molecule has 0 aliphatic heterocycles. The van der Waals surface area contributed by atoms with E-state index in [0.29, 0.717) is 22.2 Å². The van der Waals surface area contributed by atoms with Crippen LogP contribution in [0.5, 0.6) is 0 Å². The van der Waals surface area contributed by atoms with Crippen molar-refractivity contribution in [3.8, 4) is 17.2 Å². The number of benzene rings is 2. The number of carbonyl (C=O) groups is 3. The Balaban J connectivity index is 1.81. The minimum absolute atomic E-state index is 0.0155. The van der Waals surface area contributed by atoms with Crippen LogP contribution in [0.15, 0.2) is 53.3 Å². The molecule has 2 aromatic carbocycles. The van der Waals surface area contributed by atoms with Crippen LogP contribution in [0.25, 0.3) is 22.1 Å². The van der Waals surface area contributed by atoms with Crippen LogP contribution in [0.3, 0.4) is 0 Å². The Morgan fingerprint density at radius 1 is 1.17 bits per heavy atom. The highest BCUT2D eigenvalue weighted by molar-refractivity contribution is 6.14. The van der Waals surface area contributed by atoms with Gasteiger partial charge in [0.15, 0.2) is 11.3 Å². The van der Waals surface area contributed by atoms with Gasteiger partial charge in [0.1, 0.15) is 0 Å². The third kappa shape index (κ3) is 4.33. The number of aromatic nitrogens is 3. The van der Waals surface area contributed by atoms with Gasteiger partial charge in [-0.3, -0.25) is 9.69 Å². The molecule has 12 nitrogen and oxygen atoms in total. The van der Waals surface area contributed by atoms with E-state index in [4.69, 9.17) is 14.5 Å². The highest BCUT2D eigenvalue weighted by Gasteiger charge is 2.24. The van der Waals surface area contributed by atoms with Crippen molar-refractivity contribution in [1.29, 1.82) is 5.26 Å². The van der Waals surface area contributed by atoms with Crippen molar-refractivity contribution in [2.75, 3.05) is 24.4 Å². The second-order valence-electron chi connectivity index (χ2n) is 7.19. The van der Waals surface area contributed by atoms with Gasteiger partial charge in [0.05, 0.1) is 53.5 Å². The van der Waals surface area contributed by atoms with Crippen LogP contribution in [-0.2, 0) is 4.74 Å². The Labute approximate surface area is 197 Å². The number of amides is 2. The molecule has 0 aliphatic carbocycles. The first-order valence-electron chi connectivity index (χ1n) is 9.95. The van der Waals surface area contributed by atoms with Crippen LogP contribution in [0.2, 0.25) is 0 Å². The number of hydrogen-bond acceptors (Lipinski definition) is 9. The van der Waals surface area contributed by atoms with Crippen LogP contribution in [0.1, 0.15) is 26.4 Å². The molecular weight excluding hydrogens is 456 g/mol. The van der Waals surface area contributed by atoms with Gasteiger partial charge in [-0.05, 0) is 30.3 Å². The zero-order valence-electron chi connectivity index (χ0n) is 18.3. The number of nitrogens with one attached hydrogen (secondary N) is 1. The molecule has 0 aliphatic rings. The summed E-state index contributed by atoms with van der Waals surface area (Å²) in [4.78, 5) is 38.1. The van der Waals surface area contributed by atoms with Crippen LogP contribution in [0, 0.1) is 11.3 Å². The summed E-state index contributed by atoms with van der Waals surface area (Å²) in [6.07, 6.45) is 2.33. The van der Waals surface area contributed by atoms with E-state index in [0.717, 1.165) is 6.07 Å². The average molecular weight is 472 g/mol. The summed E-state index contributed by atoms with van der Waals surface area (Å²) in [6.45, 7) is 0. The molecule has 2 amide bonds. The number of hydrogen-bond donors (Lipinski definition) is 2. The molecule has 0 saturated carbocycles. The normalized spacial score (nSPS) is 10.4. The molecule has 2 aromatic heterocycles. The average Bonchev–Trinajstić information content (AvgIpc) is 3.30. The molecule has 174 valence electrons. The van der Waals surface area contributed by atoms with Crippen LogP contribution < -0.4 is 10.2 Å². The number of rotatable bonds is 5. The predicted molar refractivity (Wildman–Crippen MR) is 122 cm³/mol. The van der Waals surface area contributed by atoms with Crippen molar-refractivity contribution < 1.29 is 28.8 Å². The van der Waals surface area contributed by atoms with Crippen molar-refractivity contribution in [3.05, 3.63) is 65.6 Å². The maximum Gasteiger partial charge on any atom is 0.413 e. The lowest BCUT2D eigenvalue weighted by Crippen LogP contribution is -2.26. The lowest BCUT2D eigenvalue weighted by atomic mass is 10.0. The van der Waals surface area contributed by atoms with E-state index >= 15 is 0 Å². The van der Waals surface area contributed by atoms with E-state index in [2.05, 4.69) is 20.7 Å². The van der Waals surface area contributed by atoms with Gasteiger partial charge in [0, 0.05) is 24.2 Å². The summed E-state index contributed by atoms with van der Waals surface area (Å²) in [5, 5.41) is 32.8. The Bertz CT molecular complexity index is 1510. The Morgan fingerprint density at radius 2 is 1.97 bits per heavy atom. The zero-order valence-corrected chi connectivity index (χ0v) is 18.3. The number of methoxy groups -OCH3 is 1. The number of nitrogens with zero attached hydrogens (tertiary/aromatic N) is 5. The fourth-order valence-corrected chi connectivity index (χ4v) is 3.41. The van der Waals surface area contributed by atoms with Crippen LogP contribution in [-0.4, -0.2) is 52.6 Å². The van der Waals surface area contributed by atoms with E-state index in [-0.39, 0.29) is 28.1 Å². The third-order valence-corrected chi connectivity index (χ3v) is 5.14. The minimum Gasteiger partial charge on any atom is -0.478 e. The van der Waals surface area contributed by atoms with E-state index in [9.17, 15) is 19.5 Å². The van der Waals surface area contributed by atoms with E-state index in [1.165, 1.54) is 49.7 Å². The fraction of sp³-hybridized carbons (Fsp3) is 0.0870. The number of aromatic carboxylic acids is 1. The molecule has 0 radical (unpaired) electrons. The standard InChI is InChI=1S/C23H16N6O6/c1-29(23(33)34-2)18-9-19-16(8-14(18)13-5-6-25-26-11-13)20(28-35-19)21(30)27-17-4-3-12(10-24)7-15(17)22(31)32/h3-9,11H,1-2H3,(H,27,30)(H,31,32). The first kappa shape index (κ1) is 22.9. The molecule has 12 heteroatoms. The summed E-state index contributed by atoms with van der Waals surface area (Å²) in [7, 11) is 2.75. The summed E-state index contributed by atoms with van der Waals surface area (Å²) in [6, 6.07) is 10.5. The van der Waals surface area contributed by atoms with Crippen molar-refractivity contribution in [3.63, 3.8) is 0 Å². The van der Waals surface area contributed by atoms with Gasteiger partial charge < -0.3 is 19.7 Å². The van der Waals surface area contributed by atoms with Gasteiger partial charge in [0.25, 0.3) is 5.91 Å². The third-order valence-electron chi connectivity index (χ3n) is 5.14. The SMILES string of the molecule is COC(=O)N(C)c1cc2onc(C(=O)Nc3ccc(C#N)cc3C(=O)O)c2cc1-c1ccnnc1. The molecule has 2 heterocycles. The number of carbonyl (C=O) groups excluding carboxylic acids is 2. The second kappa shape index (κ2) is 9.28. The first-order chi connectivity index (χ1) is 16.8. The van der Waals surface area contributed by atoms with Crippen molar-refractivity contribution in [2.24, 2.45) is 0 Å². The van der Waals surface area contributed by atoms with Gasteiger partial charge in [-0.25, -0.2) is 9.59 Å². The molecular formula is C23H16N6O6. The number of anilines is 2. The Hall–Kier alpha value is -5.31. The summed E-state index contributed by atoms with van der Waals surface area (Å²) >= 11 is 0. The number of carboxylic acid groups (broad SMARTS) is 1. The monoisotopic (exact) mass is 472 g/mol. The summed E-state index contributed by atoms with van der Waals surface area (Å²) < 4.78 is 10.1. The molecule has 0 spiro atoms. The smallest absolute Gasteiger partial charge is 0.413 e. The molecule has 0 atom stereocenters. The van der Waals surface area contributed by atoms with E-state index in [1.807, 2.05) is 6.07 Å². The molecule has 0 saturated heterocycles. The fourth-order valence-electron chi connectivity index (χ4n) is 3.41. The van der Waals surface area contributed by atoms with Gasteiger partial charge >= 0.3 is 12.1 Å². The van der Waals surface area contributed by atoms with Crippen molar-refractivity contribution >= 4 is 40.3 Å².